The number of benzene rings is 3. The van der Waals surface area contributed by atoms with E-state index in [0.717, 1.165) is 22.6 Å². The molecule has 0 N–H and O–H groups in total. The first-order valence-electron chi connectivity index (χ1n) is 9.97. The Morgan fingerprint density at radius 1 is 0.719 bits per heavy atom. The summed E-state index contributed by atoms with van der Waals surface area (Å²) in [5, 5.41) is 4.81. The van der Waals surface area contributed by atoms with Gasteiger partial charge in [0.15, 0.2) is 0 Å². The van der Waals surface area contributed by atoms with Crippen LogP contribution in [0.3, 0.4) is 0 Å². The highest BCUT2D eigenvalue weighted by Gasteiger charge is 2.16. The summed E-state index contributed by atoms with van der Waals surface area (Å²) in [6, 6.07) is 21.6. The molecule has 0 aliphatic heterocycles. The Hall–Kier alpha value is -4.26. The van der Waals surface area contributed by atoms with Crippen molar-refractivity contribution >= 4 is 5.78 Å². The second-order valence-electron chi connectivity index (χ2n) is 7.15. The van der Waals surface area contributed by atoms with E-state index < -0.39 is 0 Å². The monoisotopic (exact) mass is 426 g/mol. The molecule has 0 bridgehead atoms. The Kier molecular flexibility index (Phi) is 4.99. The van der Waals surface area contributed by atoms with E-state index in [9.17, 15) is 4.39 Å². The Morgan fingerprint density at radius 2 is 1.34 bits per heavy atom. The Labute approximate surface area is 183 Å². The van der Waals surface area contributed by atoms with Crippen LogP contribution in [0.25, 0.3) is 39.5 Å². The number of ether oxygens (including phenoxy) is 2. The molecule has 0 spiro atoms. The highest BCUT2D eigenvalue weighted by Crippen LogP contribution is 2.32. The maximum atomic E-state index is 13.7. The van der Waals surface area contributed by atoms with Gasteiger partial charge in [-0.1, -0.05) is 12.1 Å². The first kappa shape index (κ1) is 19.7. The molecule has 158 valence electrons. The molecular weight excluding hydrogens is 407 g/mol. The van der Waals surface area contributed by atoms with E-state index in [1.807, 2.05) is 48.5 Å². The summed E-state index contributed by atoms with van der Waals surface area (Å²) in [6.45, 7) is 0. The number of methoxy groups -OCH3 is 2. The highest BCUT2D eigenvalue weighted by atomic mass is 19.1. The molecule has 0 unspecified atom stereocenters. The van der Waals surface area contributed by atoms with Crippen molar-refractivity contribution in [1.82, 2.24) is 19.6 Å². The van der Waals surface area contributed by atoms with Crippen molar-refractivity contribution in [2.45, 2.75) is 0 Å². The summed E-state index contributed by atoms with van der Waals surface area (Å²) < 4.78 is 25.9. The van der Waals surface area contributed by atoms with Crippen LogP contribution < -0.4 is 9.47 Å². The van der Waals surface area contributed by atoms with Gasteiger partial charge in [-0.25, -0.2) is 18.9 Å². The van der Waals surface area contributed by atoms with Gasteiger partial charge in [0.05, 0.1) is 26.1 Å². The first-order chi connectivity index (χ1) is 15.6. The Balaban J connectivity index is 1.70. The first-order valence-corrected chi connectivity index (χ1v) is 9.97. The molecular formula is C25H19FN4O2. The molecule has 0 saturated heterocycles. The number of hydrogen-bond acceptors (Lipinski definition) is 5. The van der Waals surface area contributed by atoms with E-state index in [0.29, 0.717) is 28.4 Å². The van der Waals surface area contributed by atoms with Gasteiger partial charge in [0.1, 0.15) is 28.7 Å². The minimum atomic E-state index is -0.321. The van der Waals surface area contributed by atoms with Gasteiger partial charge in [-0.05, 0) is 60.7 Å². The number of hydrogen-bond donors (Lipinski definition) is 0. The quantitative estimate of drug-likeness (QED) is 0.383. The van der Waals surface area contributed by atoms with Crippen LogP contribution in [0.15, 0.2) is 79.0 Å². The number of nitrogens with zero attached hydrogens (tertiary/aromatic N) is 4. The Bertz CT molecular complexity index is 1310. The molecule has 0 fully saturated rings. The van der Waals surface area contributed by atoms with E-state index in [1.54, 1.807) is 37.1 Å². The average Bonchev–Trinajstić information content (AvgIpc) is 3.27. The lowest BCUT2D eigenvalue weighted by atomic mass is 10.0. The van der Waals surface area contributed by atoms with Gasteiger partial charge in [-0.15, -0.1) is 0 Å². The molecule has 0 aliphatic carbocycles. The molecule has 6 nitrogen and oxygen atoms in total. The predicted molar refractivity (Wildman–Crippen MR) is 120 cm³/mol. The van der Waals surface area contributed by atoms with Gasteiger partial charge in [0.2, 0.25) is 0 Å². The summed E-state index contributed by atoms with van der Waals surface area (Å²) in [7, 11) is 3.26. The second kappa shape index (κ2) is 8.11. The summed E-state index contributed by atoms with van der Waals surface area (Å²) in [6.07, 6.45) is 1.75. The third kappa shape index (κ3) is 3.65. The largest absolute Gasteiger partial charge is 0.497 e. The molecule has 0 saturated carbocycles. The topological polar surface area (TPSA) is 61.5 Å². The van der Waals surface area contributed by atoms with Crippen molar-refractivity contribution in [3.05, 3.63) is 84.8 Å². The second-order valence-corrected chi connectivity index (χ2v) is 7.15. The predicted octanol–water partition coefficient (Wildman–Crippen LogP) is 5.28. The third-order valence-electron chi connectivity index (χ3n) is 5.16. The molecule has 3 aromatic carbocycles. The maximum Gasteiger partial charge on any atom is 0.251 e. The number of fused-ring (bicyclic) bond motifs is 1. The molecule has 0 aliphatic rings. The fraction of sp³-hybridized carbons (Fsp3) is 0.0800. The molecule has 2 heterocycles. The van der Waals surface area contributed by atoms with Crippen LogP contribution in [0.2, 0.25) is 0 Å². The SMILES string of the molecule is COc1ccc(-c2nc3nc(-c4cccc(F)c4)cn3nc2-c2ccc(OC)cc2)cc1. The van der Waals surface area contributed by atoms with Crippen LogP contribution in [0.1, 0.15) is 0 Å². The van der Waals surface area contributed by atoms with Crippen LogP contribution in [0.4, 0.5) is 4.39 Å². The lowest BCUT2D eigenvalue weighted by molar-refractivity contribution is 0.414. The summed E-state index contributed by atoms with van der Waals surface area (Å²) in [4.78, 5) is 9.40. The van der Waals surface area contributed by atoms with Crippen molar-refractivity contribution in [2.24, 2.45) is 0 Å². The summed E-state index contributed by atoms with van der Waals surface area (Å²) in [5.41, 5.74) is 4.38. The standard InChI is InChI=1S/C25H19FN4O2/c1-31-20-10-6-16(7-11-20)23-24(17-8-12-21(32-2)13-9-17)29-30-15-22(27-25(30)28-23)18-4-3-5-19(26)14-18/h3-15H,1-2H3. The molecule has 5 aromatic rings. The minimum Gasteiger partial charge on any atom is -0.497 e. The zero-order valence-corrected chi connectivity index (χ0v) is 17.5. The van der Waals surface area contributed by atoms with Crippen molar-refractivity contribution in [1.29, 1.82) is 0 Å². The molecule has 0 radical (unpaired) electrons. The molecule has 5 rings (SSSR count). The van der Waals surface area contributed by atoms with E-state index in [4.69, 9.17) is 19.6 Å². The minimum absolute atomic E-state index is 0.321. The van der Waals surface area contributed by atoms with Gasteiger partial charge in [-0.2, -0.15) is 5.10 Å². The van der Waals surface area contributed by atoms with Crippen molar-refractivity contribution in [2.75, 3.05) is 14.2 Å². The van der Waals surface area contributed by atoms with Gasteiger partial charge in [-0.3, -0.25) is 0 Å². The molecule has 2 aromatic heterocycles. The van der Waals surface area contributed by atoms with Gasteiger partial charge in [0.25, 0.3) is 5.78 Å². The lowest BCUT2D eigenvalue weighted by Gasteiger charge is -2.10. The normalized spacial score (nSPS) is 11.0. The molecule has 0 amide bonds. The van der Waals surface area contributed by atoms with Gasteiger partial charge >= 0.3 is 0 Å². The van der Waals surface area contributed by atoms with Crippen LogP contribution >= 0.6 is 0 Å². The van der Waals surface area contributed by atoms with E-state index in [-0.39, 0.29) is 5.82 Å². The van der Waals surface area contributed by atoms with Crippen LogP contribution in [0.5, 0.6) is 11.5 Å². The Morgan fingerprint density at radius 3 is 1.94 bits per heavy atom. The van der Waals surface area contributed by atoms with Crippen LogP contribution in [-0.4, -0.2) is 33.8 Å². The van der Waals surface area contributed by atoms with E-state index >= 15 is 0 Å². The zero-order valence-electron chi connectivity index (χ0n) is 17.5. The van der Waals surface area contributed by atoms with Gasteiger partial charge in [0, 0.05) is 16.7 Å². The smallest absolute Gasteiger partial charge is 0.251 e. The number of imidazole rings is 1. The van der Waals surface area contributed by atoms with Gasteiger partial charge < -0.3 is 9.47 Å². The number of rotatable bonds is 5. The van der Waals surface area contributed by atoms with E-state index in [2.05, 4.69) is 4.98 Å². The molecule has 7 heteroatoms. The van der Waals surface area contributed by atoms with Crippen LogP contribution in [0, 0.1) is 5.82 Å². The highest BCUT2D eigenvalue weighted by molar-refractivity contribution is 5.79. The average molecular weight is 426 g/mol. The fourth-order valence-electron chi connectivity index (χ4n) is 3.50. The van der Waals surface area contributed by atoms with Crippen molar-refractivity contribution in [3.63, 3.8) is 0 Å². The zero-order chi connectivity index (χ0) is 22.1. The van der Waals surface area contributed by atoms with Crippen LogP contribution in [-0.2, 0) is 0 Å². The fourth-order valence-corrected chi connectivity index (χ4v) is 3.50. The van der Waals surface area contributed by atoms with Crippen molar-refractivity contribution in [3.8, 4) is 45.3 Å². The maximum absolute atomic E-state index is 13.7. The number of halogens is 1. The third-order valence-corrected chi connectivity index (χ3v) is 5.16. The number of aromatic nitrogens is 4. The molecule has 0 atom stereocenters. The summed E-state index contributed by atoms with van der Waals surface area (Å²) >= 11 is 0. The molecule has 32 heavy (non-hydrogen) atoms. The summed E-state index contributed by atoms with van der Waals surface area (Å²) in [5.74, 6) is 1.61. The lowest BCUT2D eigenvalue weighted by Crippen LogP contribution is -2.01. The van der Waals surface area contributed by atoms with Crippen molar-refractivity contribution < 1.29 is 13.9 Å². The van der Waals surface area contributed by atoms with E-state index in [1.165, 1.54) is 12.1 Å².